The van der Waals surface area contributed by atoms with Crippen LogP contribution >= 0.6 is 11.3 Å². The van der Waals surface area contributed by atoms with Crippen LogP contribution in [0.5, 0.6) is 0 Å². The maximum atomic E-state index is 12.9. The Morgan fingerprint density at radius 1 is 1.23 bits per heavy atom. The van der Waals surface area contributed by atoms with Gasteiger partial charge >= 0.3 is 0 Å². The molecule has 0 saturated heterocycles. The Morgan fingerprint density at radius 3 is 2.55 bits per heavy atom. The van der Waals surface area contributed by atoms with Crippen molar-refractivity contribution in [2.45, 2.75) is 26.8 Å². The zero-order valence-corrected chi connectivity index (χ0v) is 13.9. The number of nitrogens with zero attached hydrogens (tertiary/aromatic N) is 2. The van der Waals surface area contributed by atoms with Gasteiger partial charge in [-0.2, -0.15) is 0 Å². The first-order valence-corrected chi connectivity index (χ1v) is 8.02. The summed E-state index contributed by atoms with van der Waals surface area (Å²) in [4.78, 5) is 9.92. The van der Waals surface area contributed by atoms with Crippen LogP contribution in [-0.4, -0.2) is 24.5 Å². The molecule has 2 rings (SSSR count). The lowest BCUT2D eigenvalue weighted by Gasteiger charge is -2.11. The van der Waals surface area contributed by atoms with E-state index in [0.29, 0.717) is 6.54 Å². The number of aliphatic imine (C=N–C) groups is 1. The number of rotatable bonds is 5. The predicted molar refractivity (Wildman–Crippen MR) is 89.9 cm³/mol. The van der Waals surface area contributed by atoms with Crippen molar-refractivity contribution in [1.82, 2.24) is 15.6 Å². The zero-order valence-electron chi connectivity index (χ0n) is 13.1. The van der Waals surface area contributed by atoms with Crippen LogP contribution in [0.4, 0.5) is 4.39 Å². The lowest BCUT2D eigenvalue weighted by molar-refractivity contribution is 0.626. The van der Waals surface area contributed by atoms with E-state index in [-0.39, 0.29) is 5.82 Å². The fraction of sp³-hybridized carbons (Fsp3) is 0.375. The first-order chi connectivity index (χ1) is 10.6. The largest absolute Gasteiger partial charge is 0.356 e. The van der Waals surface area contributed by atoms with Crippen molar-refractivity contribution in [3.8, 4) is 0 Å². The summed E-state index contributed by atoms with van der Waals surface area (Å²) in [5, 5.41) is 7.60. The molecule has 1 heterocycles. The Morgan fingerprint density at radius 2 is 1.95 bits per heavy atom. The van der Waals surface area contributed by atoms with Gasteiger partial charge in [-0.25, -0.2) is 9.37 Å². The lowest BCUT2D eigenvalue weighted by Crippen LogP contribution is -2.37. The van der Waals surface area contributed by atoms with Crippen molar-refractivity contribution in [2.75, 3.05) is 13.6 Å². The molecule has 0 aliphatic heterocycles. The number of halogens is 1. The second-order valence-corrected chi connectivity index (χ2v) is 6.26. The normalized spacial score (nSPS) is 11.5. The topological polar surface area (TPSA) is 49.3 Å². The first-order valence-electron chi connectivity index (χ1n) is 7.20. The van der Waals surface area contributed by atoms with E-state index in [0.717, 1.165) is 35.2 Å². The second-order valence-electron chi connectivity index (χ2n) is 4.97. The number of aryl methyl sites for hydroxylation is 2. The van der Waals surface area contributed by atoms with Crippen LogP contribution in [0, 0.1) is 19.7 Å². The number of guanidine groups is 1. The van der Waals surface area contributed by atoms with E-state index in [1.807, 2.05) is 13.8 Å². The second kappa shape index (κ2) is 7.89. The molecule has 0 spiro atoms. The van der Waals surface area contributed by atoms with Gasteiger partial charge in [0.2, 0.25) is 0 Å². The van der Waals surface area contributed by atoms with Crippen molar-refractivity contribution in [2.24, 2.45) is 4.99 Å². The Bertz CT molecular complexity index is 634. The van der Waals surface area contributed by atoms with Crippen molar-refractivity contribution in [3.63, 3.8) is 0 Å². The van der Waals surface area contributed by atoms with Crippen LogP contribution in [0.2, 0.25) is 0 Å². The molecule has 2 N–H and O–H groups in total. The molecule has 0 atom stereocenters. The molecule has 1 aromatic carbocycles. The molecule has 0 bridgehead atoms. The SMILES string of the molecule is CN=C(NCCc1sc(C)nc1C)NCc1ccc(F)cc1. The average Bonchev–Trinajstić information content (AvgIpc) is 2.82. The Kier molecular flexibility index (Phi) is 5.89. The number of benzene rings is 1. The zero-order chi connectivity index (χ0) is 15.9. The van der Waals surface area contributed by atoms with Gasteiger partial charge in [0.1, 0.15) is 5.82 Å². The smallest absolute Gasteiger partial charge is 0.191 e. The Labute approximate surface area is 134 Å². The van der Waals surface area contributed by atoms with E-state index in [9.17, 15) is 4.39 Å². The van der Waals surface area contributed by atoms with Gasteiger partial charge in [-0.15, -0.1) is 11.3 Å². The lowest BCUT2D eigenvalue weighted by atomic mass is 10.2. The molecule has 6 heteroatoms. The highest BCUT2D eigenvalue weighted by Crippen LogP contribution is 2.16. The van der Waals surface area contributed by atoms with Crippen LogP contribution in [0.25, 0.3) is 0 Å². The summed E-state index contributed by atoms with van der Waals surface area (Å²) in [6.07, 6.45) is 0.925. The molecule has 118 valence electrons. The monoisotopic (exact) mass is 320 g/mol. The van der Waals surface area contributed by atoms with Gasteiger partial charge < -0.3 is 10.6 Å². The maximum Gasteiger partial charge on any atom is 0.191 e. The molecule has 0 radical (unpaired) electrons. The molecule has 0 fully saturated rings. The highest BCUT2D eigenvalue weighted by Gasteiger charge is 2.05. The molecule has 22 heavy (non-hydrogen) atoms. The molecule has 4 nitrogen and oxygen atoms in total. The number of hydrogen-bond acceptors (Lipinski definition) is 3. The first kappa shape index (κ1) is 16.4. The van der Waals surface area contributed by atoms with Crippen LogP contribution < -0.4 is 10.6 Å². The predicted octanol–water partition coefficient (Wildman–Crippen LogP) is 2.81. The van der Waals surface area contributed by atoms with E-state index in [1.165, 1.54) is 17.0 Å². The van der Waals surface area contributed by atoms with Gasteiger partial charge in [-0.3, -0.25) is 4.99 Å². The fourth-order valence-electron chi connectivity index (χ4n) is 2.11. The average molecular weight is 320 g/mol. The van der Waals surface area contributed by atoms with Crippen LogP contribution in [0.1, 0.15) is 21.1 Å². The molecular weight excluding hydrogens is 299 g/mol. The summed E-state index contributed by atoms with van der Waals surface area (Å²) in [6, 6.07) is 6.45. The third-order valence-corrected chi connectivity index (χ3v) is 4.37. The molecule has 0 aliphatic rings. The molecule has 1 aromatic heterocycles. The minimum absolute atomic E-state index is 0.221. The van der Waals surface area contributed by atoms with Crippen molar-refractivity contribution in [1.29, 1.82) is 0 Å². The van der Waals surface area contributed by atoms with Crippen molar-refractivity contribution in [3.05, 3.63) is 51.2 Å². The van der Waals surface area contributed by atoms with Gasteiger partial charge in [0.05, 0.1) is 10.7 Å². The van der Waals surface area contributed by atoms with Crippen LogP contribution in [-0.2, 0) is 13.0 Å². The highest BCUT2D eigenvalue weighted by molar-refractivity contribution is 7.11. The number of thiazole rings is 1. The van der Waals surface area contributed by atoms with E-state index in [4.69, 9.17) is 0 Å². The number of hydrogen-bond donors (Lipinski definition) is 2. The third-order valence-electron chi connectivity index (χ3n) is 3.24. The van der Waals surface area contributed by atoms with Gasteiger partial charge in [0.15, 0.2) is 5.96 Å². The number of nitrogens with one attached hydrogen (secondary N) is 2. The summed E-state index contributed by atoms with van der Waals surface area (Å²) in [5.74, 6) is 0.518. The van der Waals surface area contributed by atoms with Gasteiger partial charge in [0, 0.05) is 31.4 Å². The summed E-state index contributed by atoms with van der Waals surface area (Å²) in [7, 11) is 1.74. The minimum atomic E-state index is -0.221. The maximum absolute atomic E-state index is 12.9. The van der Waals surface area contributed by atoms with E-state index in [1.54, 1.807) is 30.5 Å². The highest BCUT2D eigenvalue weighted by atomic mass is 32.1. The molecule has 0 saturated carbocycles. The van der Waals surface area contributed by atoms with Gasteiger partial charge in [-0.05, 0) is 31.5 Å². The van der Waals surface area contributed by atoms with E-state index < -0.39 is 0 Å². The summed E-state index contributed by atoms with van der Waals surface area (Å²) < 4.78 is 12.9. The summed E-state index contributed by atoms with van der Waals surface area (Å²) in [5.41, 5.74) is 2.12. The fourth-order valence-corrected chi connectivity index (χ4v) is 3.05. The standard InChI is InChI=1S/C16H21FN4S/c1-11-15(22-12(2)21-11)8-9-19-16(18-3)20-10-13-4-6-14(17)7-5-13/h4-7H,8-10H2,1-3H3,(H2,18,19,20). The minimum Gasteiger partial charge on any atom is -0.356 e. The van der Waals surface area contributed by atoms with Gasteiger partial charge in [-0.1, -0.05) is 12.1 Å². The van der Waals surface area contributed by atoms with Crippen LogP contribution in [0.15, 0.2) is 29.3 Å². The van der Waals surface area contributed by atoms with Crippen molar-refractivity contribution >= 4 is 17.3 Å². The van der Waals surface area contributed by atoms with Gasteiger partial charge in [0.25, 0.3) is 0 Å². The third kappa shape index (κ3) is 4.80. The molecule has 0 amide bonds. The molecule has 0 unspecified atom stereocenters. The Balaban J connectivity index is 1.78. The van der Waals surface area contributed by atoms with Crippen molar-refractivity contribution < 1.29 is 4.39 Å². The summed E-state index contributed by atoms with van der Waals surface area (Å²) in [6.45, 7) is 5.47. The summed E-state index contributed by atoms with van der Waals surface area (Å²) >= 11 is 1.74. The molecular formula is C16H21FN4S. The quantitative estimate of drug-likeness (QED) is 0.658. The molecule has 2 aromatic rings. The van der Waals surface area contributed by atoms with E-state index in [2.05, 4.69) is 20.6 Å². The molecule has 0 aliphatic carbocycles. The number of aromatic nitrogens is 1. The van der Waals surface area contributed by atoms with E-state index >= 15 is 0 Å². The Hall–Kier alpha value is -1.95. The van der Waals surface area contributed by atoms with Crippen LogP contribution in [0.3, 0.4) is 0 Å².